The molecule has 0 N–H and O–H groups in total. The van der Waals surface area contributed by atoms with Crippen molar-refractivity contribution in [3.05, 3.63) is 174 Å². The van der Waals surface area contributed by atoms with Crippen LogP contribution in [0.3, 0.4) is 0 Å². The first-order chi connectivity index (χ1) is 25.1. The van der Waals surface area contributed by atoms with Gasteiger partial charge in [-0.25, -0.2) is 0 Å². The standard InChI is InChI=1S/C46H25N5/c47-26-33-14-7-15-34(27-48)44(33)32-20-21-43-42(25-32)40-18-9-19-41(45-35(28-49)16-8-17-36(45)29-50)46(40)51(43)39-23-37(30-10-3-1-4-11-30)22-38(24-39)31-12-5-2-6-13-31/h1-25H. The van der Waals surface area contributed by atoms with Gasteiger partial charge in [0.25, 0.3) is 0 Å². The van der Waals surface area contributed by atoms with Crippen molar-refractivity contribution in [1.29, 1.82) is 21.0 Å². The molecule has 7 aromatic carbocycles. The van der Waals surface area contributed by atoms with Crippen molar-refractivity contribution < 1.29 is 0 Å². The summed E-state index contributed by atoms with van der Waals surface area (Å²) in [6, 6.07) is 58.6. The van der Waals surface area contributed by atoms with Crippen LogP contribution in [-0.4, -0.2) is 4.57 Å². The second-order valence-electron chi connectivity index (χ2n) is 12.2. The van der Waals surface area contributed by atoms with Gasteiger partial charge in [-0.1, -0.05) is 97.1 Å². The van der Waals surface area contributed by atoms with Gasteiger partial charge in [0.2, 0.25) is 0 Å². The van der Waals surface area contributed by atoms with E-state index in [4.69, 9.17) is 0 Å². The molecule has 0 aliphatic heterocycles. The zero-order valence-corrected chi connectivity index (χ0v) is 27.2. The highest BCUT2D eigenvalue weighted by molar-refractivity contribution is 6.15. The molecule has 0 unspecified atom stereocenters. The molecule has 1 heterocycles. The first kappa shape index (κ1) is 30.6. The van der Waals surface area contributed by atoms with Gasteiger partial charge >= 0.3 is 0 Å². The SMILES string of the molecule is N#Cc1cccc(C#N)c1-c1ccc2c(c1)c1cccc(-c3c(C#N)cccc3C#N)c1n2-c1cc(-c2ccccc2)cc(-c2ccccc2)c1. The van der Waals surface area contributed by atoms with E-state index in [1.54, 1.807) is 36.4 Å². The van der Waals surface area contributed by atoms with Crippen LogP contribution in [-0.2, 0) is 0 Å². The molecule has 0 atom stereocenters. The minimum Gasteiger partial charge on any atom is -0.309 e. The van der Waals surface area contributed by atoms with Crippen molar-refractivity contribution in [2.75, 3.05) is 0 Å². The summed E-state index contributed by atoms with van der Waals surface area (Å²) in [6.45, 7) is 0. The third-order valence-corrected chi connectivity index (χ3v) is 9.35. The number of nitrogens with zero attached hydrogens (tertiary/aromatic N) is 5. The molecule has 8 rings (SSSR count). The van der Waals surface area contributed by atoms with Crippen LogP contribution >= 0.6 is 0 Å². The zero-order valence-electron chi connectivity index (χ0n) is 27.2. The Labute approximate surface area is 295 Å². The normalized spacial score (nSPS) is 10.7. The summed E-state index contributed by atoms with van der Waals surface area (Å²) in [5.41, 5.74) is 11.1. The number of nitriles is 4. The Morgan fingerprint density at radius 2 is 0.882 bits per heavy atom. The summed E-state index contributed by atoms with van der Waals surface area (Å²) < 4.78 is 2.21. The van der Waals surface area contributed by atoms with Gasteiger partial charge in [-0.3, -0.25) is 0 Å². The van der Waals surface area contributed by atoms with Gasteiger partial charge in [-0.2, -0.15) is 21.0 Å². The highest BCUT2D eigenvalue weighted by Crippen LogP contribution is 2.43. The summed E-state index contributed by atoms with van der Waals surface area (Å²) in [6.07, 6.45) is 0. The molecule has 0 saturated carbocycles. The van der Waals surface area contributed by atoms with E-state index in [-0.39, 0.29) is 0 Å². The molecule has 0 bridgehead atoms. The second kappa shape index (κ2) is 12.7. The predicted octanol–water partition coefficient (Wildman–Crippen LogP) is 10.9. The molecule has 0 aliphatic carbocycles. The molecule has 0 radical (unpaired) electrons. The van der Waals surface area contributed by atoms with Crippen LogP contribution in [0.2, 0.25) is 0 Å². The third-order valence-electron chi connectivity index (χ3n) is 9.35. The van der Waals surface area contributed by atoms with Crippen LogP contribution in [0, 0.1) is 45.3 Å². The minimum atomic E-state index is 0.406. The smallest absolute Gasteiger partial charge is 0.0998 e. The van der Waals surface area contributed by atoms with Crippen molar-refractivity contribution in [3.63, 3.8) is 0 Å². The monoisotopic (exact) mass is 647 g/mol. The van der Waals surface area contributed by atoms with E-state index in [2.05, 4.69) is 71.3 Å². The molecular formula is C46H25N5. The third kappa shape index (κ3) is 5.17. The number of rotatable bonds is 5. The molecule has 8 aromatic rings. The van der Waals surface area contributed by atoms with Gasteiger partial charge in [0, 0.05) is 33.2 Å². The topological polar surface area (TPSA) is 100 Å². The Kier molecular flexibility index (Phi) is 7.64. The van der Waals surface area contributed by atoms with Crippen molar-refractivity contribution in [3.8, 4) is 74.5 Å². The van der Waals surface area contributed by atoms with Gasteiger partial charge in [0.05, 0.1) is 57.6 Å². The Morgan fingerprint density at radius 1 is 0.373 bits per heavy atom. The lowest BCUT2D eigenvalue weighted by Gasteiger charge is -2.16. The summed E-state index contributed by atoms with van der Waals surface area (Å²) in [5.74, 6) is 0. The van der Waals surface area contributed by atoms with Gasteiger partial charge in [-0.05, 0) is 82.4 Å². The first-order valence-electron chi connectivity index (χ1n) is 16.3. The molecule has 0 spiro atoms. The fourth-order valence-electron chi connectivity index (χ4n) is 7.11. The summed E-state index contributed by atoms with van der Waals surface area (Å²) in [4.78, 5) is 0. The van der Waals surface area contributed by atoms with E-state index in [0.717, 1.165) is 60.9 Å². The zero-order chi connectivity index (χ0) is 34.9. The molecule has 234 valence electrons. The molecule has 0 amide bonds. The highest BCUT2D eigenvalue weighted by Gasteiger charge is 2.22. The average Bonchev–Trinajstić information content (AvgIpc) is 3.54. The average molecular weight is 648 g/mol. The molecule has 5 heteroatoms. The summed E-state index contributed by atoms with van der Waals surface area (Å²) >= 11 is 0. The first-order valence-corrected chi connectivity index (χ1v) is 16.3. The van der Waals surface area contributed by atoms with E-state index in [9.17, 15) is 21.0 Å². The lowest BCUT2D eigenvalue weighted by molar-refractivity contribution is 1.18. The van der Waals surface area contributed by atoms with Crippen LogP contribution in [0.15, 0.2) is 152 Å². The van der Waals surface area contributed by atoms with Crippen molar-refractivity contribution >= 4 is 21.8 Å². The minimum absolute atomic E-state index is 0.406. The van der Waals surface area contributed by atoms with Gasteiger partial charge < -0.3 is 4.57 Å². The molecule has 0 saturated heterocycles. The van der Waals surface area contributed by atoms with E-state index in [0.29, 0.717) is 33.4 Å². The summed E-state index contributed by atoms with van der Waals surface area (Å²) in [5, 5.41) is 42.4. The molecule has 1 aromatic heterocycles. The quantitative estimate of drug-likeness (QED) is 0.185. The number of hydrogen-bond donors (Lipinski definition) is 0. The van der Waals surface area contributed by atoms with Crippen molar-refractivity contribution in [2.24, 2.45) is 0 Å². The number of aromatic nitrogens is 1. The fourth-order valence-corrected chi connectivity index (χ4v) is 7.11. The van der Waals surface area contributed by atoms with Crippen LogP contribution in [0.1, 0.15) is 22.3 Å². The van der Waals surface area contributed by atoms with E-state index < -0.39 is 0 Å². The highest BCUT2D eigenvalue weighted by atomic mass is 15.0. The van der Waals surface area contributed by atoms with Gasteiger partial charge in [0.1, 0.15) is 0 Å². The summed E-state index contributed by atoms with van der Waals surface area (Å²) in [7, 11) is 0. The predicted molar refractivity (Wildman–Crippen MR) is 201 cm³/mol. The van der Waals surface area contributed by atoms with Crippen LogP contribution < -0.4 is 0 Å². The van der Waals surface area contributed by atoms with Crippen LogP contribution in [0.4, 0.5) is 0 Å². The fraction of sp³-hybridized carbons (Fsp3) is 0. The molecule has 51 heavy (non-hydrogen) atoms. The van der Waals surface area contributed by atoms with E-state index >= 15 is 0 Å². The maximum absolute atomic E-state index is 10.3. The van der Waals surface area contributed by atoms with E-state index in [1.807, 2.05) is 72.8 Å². The molecule has 0 aliphatic rings. The second-order valence-corrected chi connectivity index (χ2v) is 12.2. The van der Waals surface area contributed by atoms with Crippen LogP contribution in [0.25, 0.3) is 72.0 Å². The lowest BCUT2D eigenvalue weighted by Crippen LogP contribution is -1.99. The lowest BCUT2D eigenvalue weighted by atomic mass is 9.92. The Hall–Kier alpha value is -7.70. The number of para-hydroxylation sites is 1. The Morgan fingerprint density at radius 3 is 1.41 bits per heavy atom. The van der Waals surface area contributed by atoms with E-state index in [1.165, 1.54) is 0 Å². The maximum atomic E-state index is 10.3. The number of hydrogen-bond acceptors (Lipinski definition) is 4. The molecule has 5 nitrogen and oxygen atoms in total. The Balaban J connectivity index is 1.53. The largest absolute Gasteiger partial charge is 0.309 e. The molecule has 0 fully saturated rings. The maximum Gasteiger partial charge on any atom is 0.0998 e. The van der Waals surface area contributed by atoms with Crippen LogP contribution in [0.5, 0.6) is 0 Å². The Bertz CT molecular complexity index is 2710. The van der Waals surface area contributed by atoms with Gasteiger partial charge in [-0.15, -0.1) is 0 Å². The van der Waals surface area contributed by atoms with Crippen molar-refractivity contribution in [2.45, 2.75) is 0 Å². The number of fused-ring (bicyclic) bond motifs is 3. The number of benzene rings is 7. The van der Waals surface area contributed by atoms with Gasteiger partial charge in [0.15, 0.2) is 0 Å². The molecular weight excluding hydrogens is 623 g/mol. The van der Waals surface area contributed by atoms with Crippen molar-refractivity contribution in [1.82, 2.24) is 4.57 Å².